The zero-order chi connectivity index (χ0) is 22.7. The Morgan fingerprint density at radius 1 is 0.909 bits per heavy atom. The van der Waals surface area contributed by atoms with E-state index < -0.39 is 10.0 Å². The van der Waals surface area contributed by atoms with Gasteiger partial charge in [0.15, 0.2) is 0 Å². The van der Waals surface area contributed by atoms with Gasteiger partial charge in [-0.25, -0.2) is 28.1 Å². The summed E-state index contributed by atoms with van der Waals surface area (Å²) in [5.74, 6) is 1.46. The maximum absolute atomic E-state index is 12.7. The molecule has 5 rings (SSSR count). The first-order chi connectivity index (χ1) is 16.1. The molecule has 2 aromatic carbocycles. The van der Waals surface area contributed by atoms with Crippen LogP contribution in [-0.2, 0) is 10.0 Å². The fourth-order valence-electron chi connectivity index (χ4n) is 3.05. The molecule has 1 N–H and O–H groups in total. The minimum atomic E-state index is -3.75. The van der Waals surface area contributed by atoms with Gasteiger partial charge in [-0.1, -0.05) is 0 Å². The number of hydrogen-bond donors (Lipinski definition) is 1. The number of rotatable bonds is 7. The summed E-state index contributed by atoms with van der Waals surface area (Å²) in [4.78, 5) is 12.4. The Balaban J connectivity index is 1.27. The maximum atomic E-state index is 12.7. The van der Waals surface area contributed by atoms with Gasteiger partial charge in [-0.05, 0) is 54.6 Å². The summed E-state index contributed by atoms with van der Waals surface area (Å²) in [6.45, 7) is 0. The second kappa shape index (κ2) is 8.55. The molecule has 0 saturated heterocycles. The maximum Gasteiger partial charge on any atom is 0.261 e. The quantitative estimate of drug-likeness (QED) is 0.396. The molecule has 164 valence electrons. The largest absolute Gasteiger partial charge is 0.439 e. The SMILES string of the molecule is O=S(=O)(Nc1ccc(Oc2cc(-n3ccnc3)ncn2)cc1)c1ccc(-n2cccn2)cc1. The minimum absolute atomic E-state index is 0.145. The van der Waals surface area contributed by atoms with E-state index in [4.69, 9.17) is 4.74 Å². The molecule has 11 heteroatoms. The number of nitrogens with one attached hydrogen (secondary N) is 1. The summed E-state index contributed by atoms with van der Waals surface area (Å²) in [5.41, 5.74) is 1.17. The van der Waals surface area contributed by atoms with E-state index in [9.17, 15) is 8.42 Å². The zero-order valence-corrected chi connectivity index (χ0v) is 17.9. The lowest BCUT2D eigenvalue weighted by atomic mass is 10.3. The number of aromatic nitrogens is 6. The minimum Gasteiger partial charge on any atom is -0.439 e. The molecule has 0 unspecified atom stereocenters. The van der Waals surface area contributed by atoms with Gasteiger partial charge in [0.25, 0.3) is 10.0 Å². The highest BCUT2D eigenvalue weighted by molar-refractivity contribution is 7.92. The molecule has 0 aliphatic heterocycles. The highest BCUT2D eigenvalue weighted by Crippen LogP contribution is 2.24. The summed E-state index contributed by atoms with van der Waals surface area (Å²) in [7, 11) is -3.75. The molecule has 3 aromatic heterocycles. The topological polar surface area (TPSA) is 117 Å². The predicted octanol–water partition coefficient (Wildman–Crippen LogP) is 3.44. The number of nitrogens with zero attached hydrogens (tertiary/aromatic N) is 6. The van der Waals surface area contributed by atoms with Gasteiger partial charge in [0.2, 0.25) is 5.88 Å². The van der Waals surface area contributed by atoms with Crippen molar-refractivity contribution < 1.29 is 13.2 Å². The summed E-state index contributed by atoms with van der Waals surface area (Å²) in [6.07, 6.45) is 9.87. The van der Waals surface area contributed by atoms with Crippen LogP contribution >= 0.6 is 0 Å². The molecule has 0 saturated carbocycles. The molecule has 0 bridgehead atoms. The molecule has 33 heavy (non-hydrogen) atoms. The number of ether oxygens (including phenoxy) is 1. The van der Waals surface area contributed by atoms with Crippen molar-refractivity contribution in [1.29, 1.82) is 0 Å². The van der Waals surface area contributed by atoms with Crippen LogP contribution in [0.25, 0.3) is 11.5 Å². The monoisotopic (exact) mass is 459 g/mol. The lowest BCUT2D eigenvalue weighted by molar-refractivity contribution is 0.461. The van der Waals surface area contributed by atoms with Gasteiger partial charge >= 0.3 is 0 Å². The molecule has 0 amide bonds. The third kappa shape index (κ3) is 4.57. The normalized spacial score (nSPS) is 11.3. The molecule has 0 spiro atoms. The first-order valence-corrected chi connectivity index (χ1v) is 11.3. The smallest absolute Gasteiger partial charge is 0.261 e. The van der Waals surface area contributed by atoms with Crippen molar-refractivity contribution in [2.24, 2.45) is 0 Å². The number of imidazole rings is 1. The fraction of sp³-hybridized carbons (Fsp3) is 0. The lowest BCUT2D eigenvalue weighted by Crippen LogP contribution is -2.13. The van der Waals surface area contributed by atoms with Gasteiger partial charge in [-0.3, -0.25) is 9.29 Å². The third-order valence-electron chi connectivity index (χ3n) is 4.64. The van der Waals surface area contributed by atoms with Crippen LogP contribution in [-0.4, -0.2) is 37.7 Å². The van der Waals surface area contributed by atoms with E-state index >= 15 is 0 Å². The van der Waals surface area contributed by atoms with Crippen LogP contribution in [0.1, 0.15) is 0 Å². The number of hydrogen-bond acceptors (Lipinski definition) is 7. The Bertz CT molecular complexity index is 1450. The number of sulfonamides is 1. The Labute approximate surface area is 189 Å². The number of benzene rings is 2. The summed E-state index contributed by atoms with van der Waals surface area (Å²) in [6, 6.07) is 16.4. The molecular formula is C22H17N7O3S. The van der Waals surface area contributed by atoms with Crippen molar-refractivity contribution in [2.45, 2.75) is 4.90 Å². The molecule has 0 aliphatic rings. The van der Waals surface area contributed by atoms with E-state index in [2.05, 4.69) is 24.8 Å². The Morgan fingerprint density at radius 3 is 2.42 bits per heavy atom. The van der Waals surface area contributed by atoms with Crippen LogP contribution in [0.5, 0.6) is 11.6 Å². The first kappa shape index (κ1) is 20.4. The summed E-state index contributed by atoms with van der Waals surface area (Å²) < 4.78 is 37.2. The molecule has 0 fully saturated rings. The Morgan fingerprint density at radius 2 is 1.73 bits per heavy atom. The van der Waals surface area contributed by atoms with Crippen LogP contribution < -0.4 is 9.46 Å². The third-order valence-corrected chi connectivity index (χ3v) is 6.04. The van der Waals surface area contributed by atoms with E-state index in [1.165, 1.54) is 18.5 Å². The standard InChI is InChI=1S/C22H17N7O3S/c30-33(31,20-8-4-18(5-9-20)29-12-1-10-26-29)27-17-2-6-19(7-3-17)32-22-14-21(24-15-25-22)28-13-11-23-16-28/h1-16,27H. The predicted molar refractivity (Wildman–Crippen MR) is 120 cm³/mol. The van der Waals surface area contributed by atoms with Gasteiger partial charge in [0.05, 0.1) is 10.6 Å². The highest BCUT2D eigenvalue weighted by Gasteiger charge is 2.14. The second-order valence-electron chi connectivity index (χ2n) is 6.86. The van der Waals surface area contributed by atoms with Gasteiger partial charge in [-0.15, -0.1) is 0 Å². The van der Waals surface area contributed by atoms with Crippen molar-refractivity contribution in [3.8, 4) is 23.1 Å². The van der Waals surface area contributed by atoms with Crippen LogP contribution in [0, 0.1) is 0 Å². The molecule has 10 nitrogen and oxygen atoms in total. The van der Waals surface area contributed by atoms with E-state index in [1.54, 1.807) is 88.9 Å². The molecule has 3 heterocycles. The molecular weight excluding hydrogens is 442 g/mol. The Hall–Kier alpha value is -4.51. The van der Waals surface area contributed by atoms with Crippen molar-refractivity contribution >= 4 is 15.7 Å². The van der Waals surface area contributed by atoms with Gasteiger partial charge in [0, 0.05) is 36.5 Å². The van der Waals surface area contributed by atoms with Crippen molar-refractivity contribution in [3.63, 3.8) is 0 Å². The van der Waals surface area contributed by atoms with Gasteiger partial charge < -0.3 is 4.74 Å². The summed E-state index contributed by atoms with van der Waals surface area (Å²) in [5, 5.41) is 4.13. The molecule has 0 aliphatic carbocycles. The van der Waals surface area contributed by atoms with E-state index in [-0.39, 0.29) is 4.90 Å². The average Bonchev–Trinajstić information content (AvgIpc) is 3.55. The molecule has 0 radical (unpaired) electrons. The van der Waals surface area contributed by atoms with Crippen LogP contribution in [0.3, 0.4) is 0 Å². The Kier molecular flexibility index (Phi) is 5.29. The molecule has 5 aromatic rings. The highest BCUT2D eigenvalue weighted by atomic mass is 32.2. The van der Waals surface area contributed by atoms with Crippen molar-refractivity contribution in [3.05, 3.63) is 98.1 Å². The van der Waals surface area contributed by atoms with Crippen LogP contribution in [0.2, 0.25) is 0 Å². The summed E-state index contributed by atoms with van der Waals surface area (Å²) >= 11 is 0. The van der Waals surface area contributed by atoms with Crippen LogP contribution in [0.15, 0.2) is 103 Å². The van der Waals surface area contributed by atoms with Crippen molar-refractivity contribution in [2.75, 3.05) is 4.72 Å². The van der Waals surface area contributed by atoms with E-state index in [0.717, 1.165) is 5.69 Å². The second-order valence-corrected chi connectivity index (χ2v) is 8.54. The van der Waals surface area contributed by atoms with Crippen molar-refractivity contribution in [1.82, 2.24) is 29.3 Å². The van der Waals surface area contributed by atoms with Crippen LogP contribution in [0.4, 0.5) is 5.69 Å². The zero-order valence-electron chi connectivity index (χ0n) is 17.1. The van der Waals surface area contributed by atoms with E-state index in [0.29, 0.717) is 23.1 Å². The lowest BCUT2D eigenvalue weighted by Gasteiger charge is -2.10. The average molecular weight is 459 g/mol. The van der Waals surface area contributed by atoms with Gasteiger partial charge in [0.1, 0.15) is 24.2 Å². The molecule has 0 atom stereocenters. The van der Waals surface area contributed by atoms with Gasteiger partial charge in [-0.2, -0.15) is 5.10 Å². The number of anilines is 1. The van der Waals surface area contributed by atoms with E-state index in [1.807, 2.05) is 0 Å². The first-order valence-electron chi connectivity index (χ1n) is 9.78. The fourth-order valence-corrected chi connectivity index (χ4v) is 4.11.